The molecule has 7 heteroatoms. The maximum Gasteiger partial charge on any atom is 0.227 e. The number of ether oxygens (including phenoxy) is 1. The van der Waals surface area contributed by atoms with Gasteiger partial charge >= 0.3 is 0 Å². The predicted molar refractivity (Wildman–Crippen MR) is 131 cm³/mol. The van der Waals surface area contributed by atoms with Gasteiger partial charge < -0.3 is 19.9 Å². The van der Waals surface area contributed by atoms with Crippen LogP contribution in [0.5, 0.6) is 5.75 Å². The Bertz CT molecular complexity index is 1280. The molecule has 0 radical (unpaired) electrons. The average molecular weight is 460 g/mol. The van der Waals surface area contributed by atoms with Crippen molar-refractivity contribution in [3.05, 3.63) is 82.7 Å². The number of carbonyl (C=O) groups excluding carboxylic acids is 2. The number of nitrogens with zero attached hydrogens (tertiary/aromatic N) is 1. The highest BCUT2D eigenvalue weighted by atomic mass is 32.1. The highest BCUT2D eigenvalue weighted by Crippen LogP contribution is 2.33. The zero-order valence-corrected chi connectivity index (χ0v) is 19.1. The molecule has 0 aliphatic carbocycles. The summed E-state index contributed by atoms with van der Waals surface area (Å²) in [6.07, 6.45) is 2.24. The molecule has 2 atom stereocenters. The van der Waals surface area contributed by atoms with Gasteiger partial charge in [-0.1, -0.05) is 30.3 Å². The summed E-state index contributed by atoms with van der Waals surface area (Å²) in [5.41, 5.74) is 2.99. The number of nitrogens with one attached hydrogen (secondary N) is 2. The second-order valence-corrected chi connectivity index (χ2v) is 9.19. The van der Waals surface area contributed by atoms with Crippen molar-refractivity contribution in [1.82, 2.24) is 10.3 Å². The number of para-hydroxylation sites is 1. The van der Waals surface area contributed by atoms with E-state index in [1.807, 2.05) is 48.7 Å². The molecule has 1 aliphatic heterocycles. The van der Waals surface area contributed by atoms with Gasteiger partial charge in [0.2, 0.25) is 11.8 Å². The molecular formula is C26H25N3O3S. The van der Waals surface area contributed by atoms with Crippen LogP contribution >= 0.6 is 11.3 Å². The molecule has 5 rings (SSSR count). The lowest BCUT2D eigenvalue weighted by molar-refractivity contribution is -0.126. The second-order valence-electron chi connectivity index (χ2n) is 8.21. The lowest BCUT2D eigenvalue weighted by Crippen LogP contribution is -2.35. The Labute approximate surface area is 196 Å². The number of hydrogen-bond donors (Lipinski definition) is 2. The van der Waals surface area contributed by atoms with Gasteiger partial charge in [0.15, 0.2) is 0 Å². The van der Waals surface area contributed by atoms with Gasteiger partial charge in [0.1, 0.15) is 5.75 Å². The van der Waals surface area contributed by atoms with E-state index in [1.54, 1.807) is 23.3 Å². The number of thiophene rings is 1. The topological polar surface area (TPSA) is 74.4 Å². The number of fused-ring (bicyclic) bond motifs is 1. The molecule has 4 aromatic rings. The van der Waals surface area contributed by atoms with Gasteiger partial charge in [-0.2, -0.15) is 0 Å². The van der Waals surface area contributed by atoms with Crippen LogP contribution in [-0.2, 0) is 9.59 Å². The SMILES string of the molecule is COc1cccc(N2CC(C(=O)NCC(c3cccs3)c3c[nH]c4ccccc34)CC2=O)c1. The number of methoxy groups -OCH3 is 1. The average Bonchev–Trinajstić information content (AvgIpc) is 3.60. The molecule has 1 saturated heterocycles. The molecule has 3 heterocycles. The highest BCUT2D eigenvalue weighted by Gasteiger charge is 2.35. The van der Waals surface area contributed by atoms with Crippen molar-refractivity contribution in [3.63, 3.8) is 0 Å². The Morgan fingerprint density at radius 2 is 2.09 bits per heavy atom. The minimum Gasteiger partial charge on any atom is -0.497 e. The van der Waals surface area contributed by atoms with Gasteiger partial charge in [0, 0.05) is 59.2 Å². The van der Waals surface area contributed by atoms with E-state index in [-0.39, 0.29) is 30.1 Å². The van der Waals surface area contributed by atoms with E-state index in [0.29, 0.717) is 18.8 Å². The number of benzene rings is 2. The third kappa shape index (κ3) is 4.24. The number of hydrogen-bond acceptors (Lipinski definition) is 4. The maximum absolute atomic E-state index is 13.1. The summed E-state index contributed by atoms with van der Waals surface area (Å²) in [5, 5.41) is 6.35. The Kier molecular flexibility index (Phi) is 5.88. The minimum absolute atomic E-state index is 0.0386. The van der Waals surface area contributed by atoms with Gasteiger partial charge in [0.25, 0.3) is 0 Å². The first-order valence-electron chi connectivity index (χ1n) is 11.0. The predicted octanol–water partition coefficient (Wildman–Crippen LogP) is 4.54. The van der Waals surface area contributed by atoms with Crippen molar-refractivity contribution in [3.8, 4) is 5.75 Å². The largest absolute Gasteiger partial charge is 0.497 e. The monoisotopic (exact) mass is 459 g/mol. The van der Waals surface area contributed by atoms with E-state index < -0.39 is 0 Å². The van der Waals surface area contributed by atoms with E-state index in [0.717, 1.165) is 22.2 Å². The maximum atomic E-state index is 13.1. The van der Waals surface area contributed by atoms with E-state index in [2.05, 4.69) is 33.9 Å². The van der Waals surface area contributed by atoms with E-state index in [1.165, 1.54) is 4.88 Å². The van der Waals surface area contributed by atoms with Crippen molar-refractivity contribution >= 4 is 39.7 Å². The molecule has 6 nitrogen and oxygen atoms in total. The molecule has 0 bridgehead atoms. The first kappa shape index (κ1) is 21.3. The number of aromatic amines is 1. The third-order valence-electron chi connectivity index (χ3n) is 6.22. The number of anilines is 1. The van der Waals surface area contributed by atoms with E-state index in [9.17, 15) is 9.59 Å². The van der Waals surface area contributed by atoms with Crippen molar-refractivity contribution in [1.29, 1.82) is 0 Å². The van der Waals surface area contributed by atoms with Crippen LogP contribution in [0.15, 0.2) is 72.2 Å². The van der Waals surface area contributed by atoms with Crippen LogP contribution in [0.4, 0.5) is 5.69 Å². The fourth-order valence-electron chi connectivity index (χ4n) is 4.49. The third-order valence-corrected chi connectivity index (χ3v) is 7.21. The Morgan fingerprint density at radius 3 is 2.91 bits per heavy atom. The second kappa shape index (κ2) is 9.11. The van der Waals surface area contributed by atoms with Crippen molar-refractivity contribution < 1.29 is 14.3 Å². The summed E-state index contributed by atoms with van der Waals surface area (Å²) in [7, 11) is 1.60. The van der Waals surface area contributed by atoms with E-state index in [4.69, 9.17) is 4.74 Å². The standard InChI is InChI=1S/C26H25N3O3S/c1-32-19-7-4-6-18(13-19)29-16-17(12-25(29)30)26(31)28-15-22(24-10-5-11-33-24)21-14-27-23-9-3-2-8-20(21)23/h2-11,13-14,17,22,27H,12,15-16H2,1H3,(H,28,31). The summed E-state index contributed by atoms with van der Waals surface area (Å²) >= 11 is 1.68. The molecule has 2 N–H and O–H groups in total. The van der Waals surface area contributed by atoms with Crippen LogP contribution in [0.2, 0.25) is 0 Å². The van der Waals surface area contributed by atoms with Crippen LogP contribution in [-0.4, -0.2) is 37.0 Å². The fourth-order valence-corrected chi connectivity index (χ4v) is 5.34. The van der Waals surface area contributed by atoms with Crippen LogP contribution in [0.3, 0.4) is 0 Å². The van der Waals surface area contributed by atoms with Crippen LogP contribution in [0, 0.1) is 5.92 Å². The van der Waals surface area contributed by atoms with Crippen molar-refractivity contribution in [2.75, 3.05) is 25.1 Å². The number of rotatable bonds is 7. The summed E-state index contributed by atoms with van der Waals surface area (Å²) in [4.78, 5) is 31.9. The lowest BCUT2D eigenvalue weighted by atomic mass is 9.96. The molecule has 0 saturated carbocycles. The van der Waals surface area contributed by atoms with Gasteiger partial charge in [-0.15, -0.1) is 11.3 Å². The first-order valence-corrected chi connectivity index (χ1v) is 11.8. The molecule has 33 heavy (non-hydrogen) atoms. The quantitative estimate of drug-likeness (QED) is 0.426. The molecular weight excluding hydrogens is 434 g/mol. The van der Waals surface area contributed by atoms with Gasteiger partial charge in [0.05, 0.1) is 13.0 Å². The summed E-state index contributed by atoms with van der Waals surface area (Å²) in [5.74, 6) is 0.211. The Balaban J connectivity index is 1.31. The molecule has 2 aromatic heterocycles. The molecule has 1 fully saturated rings. The number of carbonyl (C=O) groups is 2. The molecule has 2 amide bonds. The van der Waals surface area contributed by atoms with E-state index >= 15 is 0 Å². The minimum atomic E-state index is -0.379. The van der Waals surface area contributed by atoms with Crippen LogP contribution in [0.25, 0.3) is 10.9 Å². The number of H-pyrrole nitrogens is 1. The molecule has 168 valence electrons. The van der Waals surface area contributed by atoms with Crippen molar-refractivity contribution in [2.24, 2.45) is 5.92 Å². The van der Waals surface area contributed by atoms with Gasteiger partial charge in [-0.25, -0.2) is 0 Å². The number of aromatic nitrogens is 1. The normalized spacial score (nSPS) is 16.8. The zero-order chi connectivity index (χ0) is 22.8. The van der Waals surface area contributed by atoms with Crippen LogP contribution < -0.4 is 15.0 Å². The molecule has 0 spiro atoms. The van der Waals surface area contributed by atoms with Gasteiger partial charge in [-0.3, -0.25) is 9.59 Å². The molecule has 2 aromatic carbocycles. The Hall–Kier alpha value is -3.58. The molecule has 2 unspecified atom stereocenters. The summed E-state index contributed by atoms with van der Waals surface area (Å²) in [6.45, 7) is 0.847. The first-order chi connectivity index (χ1) is 16.1. The number of amides is 2. The smallest absolute Gasteiger partial charge is 0.227 e. The summed E-state index contributed by atoms with van der Waals surface area (Å²) in [6, 6.07) is 19.7. The van der Waals surface area contributed by atoms with Crippen molar-refractivity contribution in [2.45, 2.75) is 12.3 Å². The summed E-state index contributed by atoms with van der Waals surface area (Å²) < 4.78 is 5.27. The highest BCUT2D eigenvalue weighted by molar-refractivity contribution is 7.10. The zero-order valence-electron chi connectivity index (χ0n) is 18.3. The van der Waals surface area contributed by atoms with Crippen LogP contribution in [0.1, 0.15) is 22.8 Å². The molecule has 1 aliphatic rings. The fraction of sp³-hybridized carbons (Fsp3) is 0.231. The Morgan fingerprint density at radius 1 is 1.21 bits per heavy atom. The van der Waals surface area contributed by atoms with Gasteiger partial charge in [-0.05, 0) is 35.2 Å². The lowest BCUT2D eigenvalue weighted by Gasteiger charge is -2.19.